The van der Waals surface area contributed by atoms with Gasteiger partial charge in [-0.25, -0.2) is 0 Å². The largest absolute Gasteiger partial charge is 0.101 e. The fourth-order valence-electron chi connectivity index (χ4n) is 2.29. The van der Waals surface area contributed by atoms with Crippen molar-refractivity contribution < 1.29 is 0 Å². The molecule has 2 rings (SSSR count). The van der Waals surface area contributed by atoms with Crippen molar-refractivity contribution in [2.75, 3.05) is 13.3 Å². The molecule has 11 heavy (non-hydrogen) atoms. The lowest BCUT2D eigenvalue weighted by Gasteiger charge is -2.21. The van der Waals surface area contributed by atoms with E-state index >= 15 is 0 Å². The molecule has 0 aliphatic carbocycles. The fraction of sp³-hybridized carbons (Fsp3) is 0.700. The first-order chi connectivity index (χ1) is 5.21. The Morgan fingerprint density at radius 3 is 3.00 bits per heavy atom. The topological polar surface area (TPSA) is 0 Å². The van der Waals surface area contributed by atoms with E-state index in [-0.39, 0.29) is 0 Å². The van der Waals surface area contributed by atoms with E-state index in [4.69, 9.17) is 0 Å². The normalized spacial score (nSPS) is 34.0. The fourth-order valence-corrected chi connectivity index (χ4v) is 5.27. The van der Waals surface area contributed by atoms with Crippen LogP contribution in [0.25, 0.3) is 0 Å². The molecule has 2 aliphatic heterocycles. The van der Waals surface area contributed by atoms with Crippen molar-refractivity contribution in [2.45, 2.75) is 31.3 Å². The maximum atomic E-state index is 2.51. The first-order valence-electron chi connectivity index (χ1n) is 4.59. The minimum absolute atomic E-state index is 0.645. The van der Waals surface area contributed by atoms with Crippen molar-refractivity contribution in [3.8, 4) is 0 Å². The molecule has 2 bridgehead atoms. The molecule has 1 atom stereocenters. The van der Waals surface area contributed by atoms with Crippen LogP contribution in [0.3, 0.4) is 0 Å². The van der Waals surface area contributed by atoms with E-state index in [1.165, 1.54) is 25.7 Å². The first-order valence-corrected chi connectivity index (χ1v) is 7.35. The van der Waals surface area contributed by atoms with E-state index in [0.29, 0.717) is 0 Å². The van der Waals surface area contributed by atoms with Crippen LogP contribution in [0.1, 0.15) is 25.7 Å². The molecule has 0 fully saturated rings. The Labute approximate surface area is 69.7 Å². The van der Waals surface area contributed by atoms with Crippen LogP contribution in [-0.2, 0) is 0 Å². The van der Waals surface area contributed by atoms with E-state index < -0.39 is 6.89 Å². The zero-order chi connectivity index (χ0) is 7.90. The molecule has 0 aromatic rings. The molecule has 2 aliphatic rings. The summed E-state index contributed by atoms with van der Waals surface area (Å²) in [4.78, 5) is 0. The van der Waals surface area contributed by atoms with Crippen LogP contribution >= 0.6 is 6.89 Å². The number of rotatable bonds is 0. The zero-order valence-electron chi connectivity index (χ0n) is 7.51. The Morgan fingerprint density at radius 2 is 2.18 bits per heavy atom. The Balaban J connectivity index is 2.42. The summed E-state index contributed by atoms with van der Waals surface area (Å²) in [7, 11) is 0. The lowest BCUT2D eigenvalue weighted by atomic mass is 10.1. The molecule has 1 heteroatoms. The van der Waals surface area contributed by atoms with E-state index in [9.17, 15) is 0 Å². The standard InChI is InChI=1S/C10H17P/c1-11(2)9-5-3-4-6-10(11)8-7-9/h7-9H,3-6H2,1-2H3. The van der Waals surface area contributed by atoms with Gasteiger partial charge in [-0.05, 0) is 38.3 Å². The number of fused-ring (bicyclic) bond motifs is 1. The highest BCUT2D eigenvalue weighted by Crippen LogP contribution is 2.54. The molecule has 0 aromatic carbocycles. The molecule has 0 nitrogen and oxygen atoms in total. The summed E-state index contributed by atoms with van der Waals surface area (Å²) >= 11 is 0. The SMILES string of the molecule is CP1(C)=C2C=CC1CCCC2. The average Bonchev–Trinajstić information content (AvgIpc) is 2.00. The Hall–Kier alpha value is 0.0400. The number of hydrogen-bond donors (Lipinski definition) is 0. The molecule has 0 amide bonds. The van der Waals surface area contributed by atoms with Crippen molar-refractivity contribution in [1.82, 2.24) is 0 Å². The van der Waals surface area contributed by atoms with E-state index in [1.54, 1.807) is 5.29 Å². The zero-order valence-corrected chi connectivity index (χ0v) is 8.40. The van der Waals surface area contributed by atoms with Crippen molar-refractivity contribution >= 4 is 12.2 Å². The molecule has 0 saturated heterocycles. The quantitative estimate of drug-likeness (QED) is 0.488. The highest BCUT2D eigenvalue weighted by Gasteiger charge is 2.26. The van der Waals surface area contributed by atoms with Gasteiger partial charge in [0, 0.05) is 0 Å². The molecular formula is C10H17P. The molecule has 0 spiro atoms. The van der Waals surface area contributed by atoms with E-state index in [2.05, 4.69) is 25.5 Å². The number of hydrogen-bond acceptors (Lipinski definition) is 0. The Morgan fingerprint density at radius 1 is 1.36 bits per heavy atom. The highest BCUT2D eigenvalue weighted by molar-refractivity contribution is 7.76. The molecule has 0 N–H and O–H groups in total. The third-order valence-corrected chi connectivity index (χ3v) is 7.20. The summed E-state index contributed by atoms with van der Waals surface area (Å²) in [6.07, 6.45) is 10.7. The summed E-state index contributed by atoms with van der Waals surface area (Å²) in [6.45, 7) is 4.38. The summed E-state index contributed by atoms with van der Waals surface area (Å²) in [6, 6.07) is 0. The van der Waals surface area contributed by atoms with Crippen molar-refractivity contribution in [1.29, 1.82) is 0 Å². The lowest BCUT2D eigenvalue weighted by Crippen LogP contribution is -2.00. The monoisotopic (exact) mass is 168 g/mol. The van der Waals surface area contributed by atoms with Crippen LogP contribution in [0, 0.1) is 0 Å². The average molecular weight is 168 g/mol. The summed E-state index contributed by atoms with van der Waals surface area (Å²) < 4.78 is 0. The maximum Gasteiger partial charge on any atom is -0.00298 e. The summed E-state index contributed by atoms with van der Waals surface area (Å²) in [5.74, 6) is 0. The van der Waals surface area contributed by atoms with E-state index in [1.807, 2.05) is 0 Å². The van der Waals surface area contributed by atoms with Crippen LogP contribution in [0.2, 0.25) is 0 Å². The number of allylic oxidation sites excluding steroid dienone is 2. The third-order valence-electron chi connectivity index (χ3n) is 3.26. The van der Waals surface area contributed by atoms with Gasteiger partial charge in [-0.1, -0.05) is 23.9 Å². The van der Waals surface area contributed by atoms with Gasteiger partial charge >= 0.3 is 0 Å². The molecule has 62 valence electrons. The molecule has 0 aromatic heterocycles. The van der Waals surface area contributed by atoms with Gasteiger partial charge in [0.1, 0.15) is 0 Å². The van der Waals surface area contributed by atoms with Gasteiger partial charge in [-0.3, -0.25) is 0 Å². The molecule has 0 radical (unpaired) electrons. The molecule has 0 saturated carbocycles. The van der Waals surface area contributed by atoms with Crippen molar-refractivity contribution in [2.24, 2.45) is 0 Å². The minimum atomic E-state index is -0.645. The summed E-state index contributed by atoms with van der Waals surface area (Å²) in [5, 5.41) is 1.81. The second-order valence-electron chi connectivity index (χ2n) is 4.20. The van der Waals surface area contributed by atoms with Gasteiger partial charge in [0.25, 0.3) is 0 Å². The molecule has 2 heterocycles. The molecule has 1 unspecified atom stereocenters. The van der Waals surface area contributed by atoms with Crippen LogP contribution in [0.5, 0.6) is 0 Å². The lowest BCUT2D eigenvalue weighted by molar-refractivity contribution is 0.716. The summed E-state index contributed by atoms with van der Waals surface area (Å²) in [5.41, 5.74) is 0.958. The van der Waals surface area contributed by atoms with Gasteiger partial charge < -0.3 is 0 Å². The van der Waals surface area contributed by atoms with Crippen LogP contribution in [0.15, 0.2) is 12.2 Å². The van der Waals surface area contributed by atoms with Gasteiger partial charge in [0.2, 0.25) is 0 Å². The smallest absolute Gasteiger partial charge is 0.00298 e. The van der Waals surface area contributed by atoms with E-state index in [0.717, 1.165) is 5.66 Å². The van der Waals surface area contributed by atoms with Crippen LogP contribution < -0.4 is 0 Å². The third kappa shape index (κ3) is 1.12. The van der Waals surface area contributed by atoms with Crippen LogP contribution in [0.4, 0.5) is 0 Å². The Bertz CT molecular complexity index is 242. The molecular weight excluding hydrogens is 151 g/mol. The van der Waals surface area contributed by atoms with Crippen LogP contribution in [-0.4, -0.2) is 24.3 Å². The predicted molar refractivity (Wildman–Crippen MR) is 55.2 cm³/mol. The van der Waals surface area contributed by atoms with Gasteiger partial charge in [0.15, 0.2) is 0 Å². The first kappa shape index (κ1) is 7.68. The second kappa shape index (κ2) is 2.52. The second-order valence-corrected chi connectivity index (χ2v) is 8.52. The predicted octanol–water partition coefficient (Wildman–Crippen LogP) is 2.95. The van der Waals surface area contributed by atoms with Gasteiger partial charge in [-0.2, -0.15) is 0 Å². The van der Waals surface area contributed by atoms with Gasteiger partial charge in [0.05, 0.1) is 0 Å². The maximum absolute atomic E-state index is 2.51. The van der Waals surface area contributed by atoms with Crippen molar-refractivity contribution in [3.63, 3.8) is 0 Å². The van der Waals surface area contributed by atoms with Crippen molar-refractivity contribution in [3.05, 3.63) is 12.2 Å². The minimum Gasteiger partial charge on any atom is -0.101 e. The highest BCUT2D eigenvalue weighted by atomic mass is 31.2. The van der Waals surface area contributed by atoms with Gasteiger partial charge in [-0.15, -0.1) is 6.89 Å². The Kier molecular flexibility index (Phi) is 1.76.